The Kier molecular flexibility index (Phi) is 4.74. The third-order valence-electron chi connectivity index (χ3n) is 3.76. The lowest BCUT2D eigenvalue weighted by Crippen LogP contribution is -2.31. The van der Waals surface area contributed by atoms with Crippen LogP contribution in [0.4, 0.5) is 5.69 Å². The standard InChI is InChI=1S/C15H19NO4/c1-10(11-5-7-20-8-6-11)14(17)16-13-4-2-3-12(9-13)15(18)19/h2-4,9-11H,5-8H2,1H3,(H,16,17)(H,18,19). The molecule has 2 N–H and O–H groups in total. The van der Waals surface area contributed by atoms with Crippen LogP contribution in [0.1, 0.15) is 30.1 Å². The molecule has 0 aromatic heterocycles. The zero-order chi connectivity index (χ0) is 14.5. The van der Waals surface area contributed by atoms with Gasteiger partial charge in [-0.3, -0.25) is 4.79 Å². The van der Waals surface area contributed by atoms with Gasteiger partial charge in [0, 0.05) is 24.8 Å². The van der Waals surface area contributed by atoms with Gasteiger partial charge in [0.1, 0.15) is 0 Å². The van der Waals surface area contributed by atoms with E-state index in [1.807, 2.05) is 6.92 Å². The van der Waals surface area contributed by atoms with Gasteiger partial charge in [-0.2, -0.15) is 0 Å². The number of hydrogen-bond donors (Lipinski definition) is 2. The summed E-state index contributed by atoms with van der Waals surface area (Å²) in [6, 6.07) is 6.29. The van der Waals surface area contributed by atoms with Gasteiger partial charge in [0.2, 0.25) is 5.91 Å². The first-order valence-electron chi connectivity index (χ1n) is 6.80. The predicted octanol–water partition coefficient (Wildman–Crippen LogP) is 2.39. The van der Waals surface area contributed by atoms with E-state index in [4.69, 9.17) is 9.84 Å². The van der Waals surface area contributed by atoms with Gasteiger partial charge in [0.15, 0.2) is 0 Å². The van der Waals surface area contributed by atoms with E-state index in [2.05, 4.69) is 5.32 Å². The summed E-state index contributed by atoms with van der Waals surface area (Å²) in [6.45, 7) is 3.32. The fraction of sp³-hybridized carbons (Fsp3) is 0.467. The third kappa shape index (κ3) is 3.57. The number of anilines is 1. The van der Waals surface area contributed by atoms with Gasteiger partial charge in [-0.05, 0) is 37.0 Å². The molecule has 1 fully saturated rings. The lowest BCUT2D eigenvalue weighted by molar-refractivity contribution is -0.122. The maximum Gasteiger partial charge on any atom is 0.335 e. The highest BCUT2D eigenvalue weighted by Gasteiger charge is 2.26. The summed E-state index contributed by atoms with van der Waals surface area (Å²) in [4.78, 5) is 23.1. The number of hydrogen-bond acceptors (Lipinski definition) is 3. The number of amides is 1. The first-order chi connectivity index (χ1) is 9.58. The second-order valence-corrected chi connectivity index (χ2v) is 5.11. The molecule has 1 aliphatic heterocycles. The fourth-order valence-corrected chi connectivity index (χ4v) is 2.42. The molecule has 1 saturated heterocycles. The fourth-order valence-electron chi connectivity index (χ4n) is 2.42. The van der Waals surface area contributed by atoms with Crippen molar-refractivity contribution in [1.82, 2.24) is 0 Å². The second-order valence-electron chi connectivity index (χ2n) is 5.11. The first kappa shape index (κ1) is 14.5. The minimum Gasteiger partial charge on any atom is -0.478 e. The molecule has 1 aliphatic rings. The molecule has 1 amide bonds. The van der Waals surface area contributed by atoms with Crippen molar-refractivity contribution in [1.29, 1.82) is 0 Å². The summed E-state index contributed by atoms with van der Waals surface area (Å²) in [5.74, 6) is -0.850. The van der Waals surface area contributed by atoms with Crippen LogP contribution in [0, 0.1) is 11.8 Å². The maximum absolute atomic E-state index is 12.2. The molecule has 20 heavy (non-hydrogen) atoms. The number of carboxylic acid groups (broad SMARTS) is 1. The average Bonchev–Trinajstić information content (AvgIpc) is 2.47. The van der Waals surface area contributed by atoms with Crippen LogP contribution in [0.3, 0.4) is 0 Å². The zero-order valence-corrected chi connectivity index (χ0v) is 11.5. The zero-order valence-electron chi connectivity index (χ0n) is 11.5. The summed E-state index contributed by atoms with van der Waals surface area (Å²) in [6.07, 6.45) is 1.79. The first-order valence-corrected chi connectivity index (χ1v) is 6.80. The molecule has 0 bridgehead atoms. The van der Waals surface area contributed by atoms with Crippen molar-refractivity contribution in [3.8, 4) is 0 Å². The van der Waals surface area contributed by atoms with E-state index in [0.717, 1.165) is 12.8 Å². The van der Waals surface area contributed by atoms with Gasteiger partial charge in [0.05, 0.1) is 5.56 Å². The van der Waals surface area contributed by atoms with E-state index in [1.54, 1.807) is 12.1 Å². The number of nitrogens with one attached hydrogen (secondary N) is 1. The van der Waals surface area contributed by atoms with Crippen molar-refractivity contribution in [2.75, 3.05) is 18.5 Å². The Morgan fingerprint density at radius 2 is 2.05 bits per heavy atom. The summed E-state index contributed by atoms with van der Waals surface area (Å²) >= 11 is 0. The lowest BCUT2D eigenvalue weighted by Gasteiger charge is -2.26. The van der Waals surface area contributed by atoms with Crippen LogP contribution in [-0.2, 0) is 9.53 Å². The molecule has 1 unspecified atom stereocenters. The molecule has 0 aliphatic carbocycles. The van der Waals surface area contributed by atoms with Crippen LogP contribution >= 0.6 is 0 Å². The van der Waals surface area contributed by atoms with E-state index in [-0.39, 0.29) is 17.4 Å². The highest BCUT2D eigenvalue weighted by atomic mass is 16.5. The Balaban J connectivity index is 1.99. The SMILES string of the molecule is CC(C(=O)Nc1cccc(C(=O)O)c1)C1CCOCC1. The minimum absolute atomic E-state index is 0.0700. The molecule has 1 heterocycles. The summed E-state index contributed by atoms with van der Waals surface area (Å²) in [5, 5.41) is 11.7. The Hall–Kier alpha value is -1.88. The van der Waals surface area contributed by atoms with Crippen molar-refractivity contribution in [2.45, 2.75) is 19.8 Å². The minimum atomic E-state index is -1.00. The Bertz CT molecular complexity index is 494. The number of rotatable bonds is 4. The van der Waals surface area contributed by atoms with Crippen LogP contribution in [0.5, 0.6) is 0 Å². The molecule has 1 atom stereocenters. The van der Waals surface area contributed by atoms with Crippen molar-refractivity contribution < 1.29 is 19.4 Å². The molecule has 1 aromatic carbocycles. The van der Waals surface area contributed by atoms with Crippen molar-refractivity contribution in [3.63, 3.8) is 0 Å². The highest BCUT2D eigenvalue weighted by Crippen LogP contribution is 2.24. The normalized spacial score (nSPS) is 17.4. The van der Waals surface area contributed by atoms with Crippen LogP contribution in [-0.4, -0.2) is 30.2 Å². The summed E-state index contributed by atoms with van der Waals surface area (Å²) in [7, 11) is 0. The smallest absolute Gasteiger partial charge is 0.335 e. The van der Waals surface area contributed by atoms with Crippen LogP contribution in [0.15, 0.2) is 24.3 Å². The van der Waals surface area contributed by atoms with Crippen molar-refractivity contribution in [2.24, 2.45) is 11.8 Å². The molecule has 5 nitrogen and oxygen atoms in total. The molecular weight excluding hydrogens is 258 g/mol. The topological polar surface area (TPSA) is 75.6 Å². The summed E-state index contributed by atoms with van der Waals surface area (Å²) in [5.41, 5.74) is 0.690. The van der Waals surface area contributed by atoms with Crippen LogP contribution in [0.2, 0.25) is 0 Å². The van der Waals surface area contributed by atoms with Crippen molar-refractivity contribution >= 4 is 17.6 Å². The third-order valence-corrected chi connectivity index (χ3v) is 3.76. The number of aromatic carboxylic acids is 1. The van der Waals surface area contributed by atoms with E-state index in [0.29, 0.717) is 24.8 Å². The van der Waals surface area contributed by atoms with Crippen LogP contribution in [0.25, 0.3) is 0 Å². The molecule has 0 radical (unpaired) electrons. The second kappa shape index (κ2) is 6.52. The molecule has 0 spiro atoms. The van der Waals surface area contributed by atoms with E-state index in [1.165, 1.54) is 12.1 Å². The Morgan fingerprint density at radius 3 is 2.70 bits per heavy atom. The van der Waals surface area contributed by atoms with Gasteiger partial charge in [-0.25, -0.2) is 4.79 Å². The summed E-state index contributed by atoms with van der Waals surface area (Å²) < 4.78 is 5.29. The number of carbonyl (C=O) groups is 2. The number of carbonyl (C=O) groups excluding carboxylic acids is 1. The van der Waals surface area contributed by atoms with E-state index < -0.39 is 5.97 Å². The quantitative estimate of drug-likeness (QED) is 0.886. The maximum atomic E-state index is 12.2. The molecular formula is C15H19NO4. The lowest BCUT2D eigenvalue weighted by atomic mass is 9.87. The van der Waals surface area contributed by atoms with Gasteiger partial charge in [0.25, 0.3) is 0 Å². The number of carboxylic acids is 1. The monoisotopic (exact) mass is 277 g/mol. The van der Waals surface area contributed by atoms with Crippen LogP contribution < -0.4 is 5.32 Å². The molecule has 5 heteroatoms. The van der Waals surface area contributed by atoms with Gasteiger partial charge < -0.3 is 15.2 Å². The Labute approximate surface area is 117 Å². The van der Waals surface area contributed by atoms with Gasteiger partial charge in [-0.15, -0.1) is 0 Å². The molecule has 1 aromatic rings. The largest absolute Gasteiger partial charge is 0.478 e. The van der Waals surface area contributed by atoms with Gasteiger partial charge in [-0.1, -0.05) is 13.0 Å². The van der Waals surface area contributed by atoms with E-state index in [9.17, 15) is 9.59 Å². The average molecular weight is 277 g/mol. The van der Waals surface area contributed by atoms with E-state index >= 15 is 0 Å². The highest BCUT2D eigenvalue weighted by molar-refractivity contribution is 5.94. The number of benzene rings is 1. The van der Waals surface area contributed by atoms with Gasteiger partial charge >= 0.3 is 5.97 Å². The Morgan fingerprint density at radius 1 is 1.35 bits per heavy atom. The predicted molar refractivity (Wildman–Crippen MR) is 74.7 cm³/mol. The van der Waals surface area contributed by atoms with Crippen molar-refractivity contribution in [3.05, 3.63) is 29.8 Å². The number of ether oxygens (including phenoxy) is 1. The molecule has 108 valence electrons. The molecule has 2 rings (SSSR count). The molecule has 0 saturated carbocycles.